The average Bonchev–Trinajstić information content (AvgIpc) is 2.68. The van der Waals surface area contributed by atoms with Gasteiger partial charge in [-0.25, -0.2) is 0 Å². The molecule has 1 aliphatic rings. The predicted molar refractivity (Wildman–Crippen MR) is 105 cm³/mol. The molecule has 27 heavy (non-hydrogen) atoms. The van der Waals surface area contributed by atoms with E-state index in [0.717, 1.165) is 0 Å². The zero-order valence-corrected chi connectivity index (χ0v) is 15.9. The fourth-order valence-corrected chi connectivity index (χ4v) is 3.11. The molecular formula is C20H22ClN3O3. The van der Waals surface area contributed by atoms with E-state index in [1.165, 1.54) is 0 Å². The highest BCUT2D eigenvalue weighted by Gasteiger charge is 2.23. The number of carbonyl (C=O) groups is 2. The highest BCUT2D eigenvalue weighted by molar-refractivity contribution is 6.30. The molecule has 0 saturated carbocycles. The van der Waals surface area contributed by atoms with Gasteiger partial charge in [-0.1, -0.05) is 17.7 Å². The summed E-state index contributed by atoms with van der Waals surface area (Å²) in [5.41, 5.74) is 1.33. The van der Waals surface area contributed by atoms with Crippen molar-refractivity contribution in [3.63, 3.8) is 0 Å². The van der Waals surface area contributed by atoms with Gasteiger partial charge < -0.3 is 15.0 Å². The zero-order chi connectivity index (χ0) is 19.2. The number of halogens is 1. The van der Waals surface area contributed by atoms with Crippen LogP contribution in [0.2, 0.25) is 5.02 Å². The summed E-state index contributed by atoms with van der Waals surface area (Å²) in [6, 6.07) is 14.2. The van der Waals surface area contributed by atoms with E-state index in [4.69, 9.17) is 16.3 Å². The maximum absolute atomic E-state index is 12.5. The molecule has 0 aromatic heterocycles. The van der Waals surface area contributed by atoms with Crippen molar-refractivity contribution < 1.29 is 14.3 Å². The standard InChI is InChI=1S/C20H22ClN3O3/c1-27-18-4-2-3-17(13-18)22-19(25)14-23-9-11-24(12-10-23)20(26)15-5-7-16(21)8-6-15/h2-8,13H,9-12,14H2,1H3,(H,22,25). The molecule has 1 heterocycles. The first-order valence-electron chi connectivity index (χ1n) is 8.76. The van der Waals surface area contributed by atoms with Crippen LogP contribution in [0.3, 0.4) is 0 Å². The summed E-state index contributed by atoms with van der Waals surface area (Å²) in [5.74, 6) is 0.606. The van der Waals surface area contributed by atoms with E-state index < -0.39 is 0 Å². The Balaban J connectivity index is 1.48. The number of benzene rings is 2. The lowest BCUT2D eigenvalue weighted by atomic mass is 10.2. The van der Waals surface area contributed by atoms with Crippen molar-refractivity contribution in [1.29, 1.82) is 0 Å². The lowest BCUT2D eigenvalue weighted by Crippen LogP contribution is -2.50. The van der Waals surface area contributed by atoms with Crippen molar-refractivity contribution in [3.05, 3.63) is 59.1 Å². The molecule has 0 bridgehead atoms. The number of hydrogen-bond acceptors (Lipinski definition) is 4. The van der Waals surface area contributed by atoms with E-state index in [1.807, 2.05) is 23.1 Å². The first-order valence-corrected chi connectivity index (χ1v) is 9.14. The maximum Gasteiger partial charge on any atom is 0.253 e. The monoisotopic (exact) mass is 387 g/mol. The van der Waals surface area contributed by atoms with Crippen molar-refractivity contribution in [2.75, 3.05) is 45.2 Å². The van der Waals surface area contributed by atoms with E-state index in [0.29, 0.717) is 54.7 Å². The van der Waals surface area contributed by atoms with Crippen molar-refractivity contribution in [1.82, 2.24) is 9.80 Å². The van der Waals surface area contributed by atoms with Crippen LogP contribution in [0.1, 0.15) is 10.4 Å². The van der Waals surface area contributed by atoms with Gasteiger partial charge >= 0.3 is 0 Å². The SMILES string of the molecule is COc1cccc(NC(=O)CN2CCN(C(=O)c3ccc(Cl)cc3)CC2)c1. The Morgan fingerprint density at radius 2 is 1.78 bits per heavy atom. The number of rotatable bonds is 5. The molecule has 0 atom stereocenters. The van der Waals surface area contributed by atoms with Gasteiger partial charge in [-0.05, 0) is 36.4 Å². The summed E-state index contributed by atoms with van der Waals surface area (Å²) in [6.45, 7) is 2.79. The van der Waals surface area contributed by atoms with Gasteiger partial charge in [-0.15, -0.1) is 0 Å². The number of nitrogens with one attached hydrogen (secondary N) is 1. The second-order valence-corrected chi connectivity index (χ2v) is 6.79. The minimum Gasteiger partial charge on any atom is -0.497 e. The fourth-order valence-electron chi connectivity index (χ4n) is 2.99. The second kappa shape index (κ2) is 8.88. The molecule has 1 aliphatic heterocycles. The summed E-state index contributed by atoms with van der Waals surface area (Å²) in [6.07, 6.45) is 0. The Hall–Kier alpha value is -2.57. The summed E-state index contributed by atoms with van der Waals surface area (Å²) in [4.78, 5) is 28.6. The number of anilines is 1. The Morgan fingerprint density at radius 3 is 2.44 bits per heavy atom. The number of amides is 2. The molecule has 2 aromatic carbocycles. The molecule has 142 valence electrons. The van der Waals surface area contributed by atoms with Gasteiger partial charge in [0.15, 0.2) is 0 Å². The topological polar surface area (TPSA) is 61.9 Å². The number of nitrogens with zero attached hydrogens (tertiary/aromatic N) is 2. The summed E-state index contributed by atoms with van der Waals surface area (Å²) in [7, 11) is 1.59. The Kier molecular flexibility index (Phi) is 6.32. The zero-order valence-electron chi connectivity index (χ0n) is 15.2. The fraction of sp³-hybridized carbons (Fsp3) is 0.300. The van der Waals surface area contributed by atoms with Gasteiger partial charge in [-0.3, -0.25) is 14.5 Å². The third kappa shape index (κ3) is 5.21. The van der Waals surface area contributed by atoms with Crippen LogP contribution < -0.4 is 10.1 Å². The lowest BCUT2D eigenvalue weighted by molar-refractivity contribution is -0.117. The molecule has 0 spiro atoms. The van der Waals surface area contributed by atoms with E-state index in [1.54, 1.807) is 42.3 Å². The van der Waals surface area contributed by atoms with Crippen molar-refractivity contribution in [3.8, 4) is 5.75 Å². The Bertz CT molecular complexity index is 802. The first-order chi connectivity index (χ1) is 13.0. The third-order valence-electron chi connectivity index (χ3n) is 4.47. The normalized spacial score (nSPS) is 14.7. The first kappa shape index (κ1) is 19.2. The third-order valence-corrected chi connectivity index (χ3v) is 4.72. The van der Waals surface area contributed by atoms with Crippen LogP contribution in [0.25, 0.3) is 0 Å². The highest BCUT2D eigenvalue weighted by atomic mass is 35.5. The Morgan fingerprint density at radius 1 is 1.07 bits per heavy atom. The number of ether oxygens (including phenoxy) is 1. The van der Waals surface area contributed by atoms with Crippen LogP contribution in [0.4, 0.5) is 5.69 Å². The van der Waals surface area contributed by atoms with Crippen molar-refractivity contribution in [2.45, 2.75) is 0 Å². The van der Waals surface area contributed by atoms with E-state index >= 15 is 0 Å². The molecule has 1 N–H and O–H groups in total. The number of piperazine rings is 1. The maximum atomic E-state index is 12.5. The van der Waals surface area contributed by atoms with Crippen molar-refractivity contribution in [2.24, 2.45) is 0 Å². The molecule has 0 unspecified atom stereocenters. The number of carbonyl (C=O) groups excluding carboxylic acids is 2. The quantitative estimate of drug-likeness (QED) is 0.856. The van der Waals surface area contributed by atoms with Gasteiger partial charge in [0.1, 0.15) is 5.75 Å². The molecule has 7 heteroatoms. The summed E-state index contributed by atoms with van der Waals surface area (Å²) in [5, 5.41) is 3.49. The van der Waals surface area contributed by atoms with E-state index in [2.05, 4.69) is 5.32 Å². The smallest absolute Gasteiger partial charge is 0.253 e. The van der Waals surface area contributed by atoms with Gasteiger partial charge in [0.25, 0.3) is 5.91 Å². The highest BCUT2D eigenvalue weighted by Crippen LogP contribution is 2.17. The van der Waals surface area contributed by atoms with E-state index in [-0.39, 0.29) is 11.8 Å². The van der Waals surface area contributed by atoms with Crippen LogP contribution in [-0.2, 0) is 4.79 Å². The molecular weight excluding hydrogens is 366 g/mol. The van der Waals surface area contributed by atoms with Crippen LogP contribution in [0, 0.1) is 0 Å². The van der Waals surface area contributed by atoms with Crippen LogP contribution in [0.15, 0.2) is 48.5 Å². The molecule has 6 nitrogen and oxygen atoms in total. The molecule has 1 saturated heterocycles. The van der Waals surface area contributed by atoms with Crippen LogP contribution in [-0.4, -0.2) is 61.4 Å². The van der Waals surface area contributed by atoms with Gasteiger partial charge in [-0.2, -0.15) is 0 Å². The number of methoxy groups -OCH3 is 1. The molecule has 2 amide bonds. The van der Waals surface area contributed by atoms with Crippen LogP contribution >= 0.6 is 11.6 Å². The van der Waals surface area contributed by atoms with Gasteiger partial charge in [0.2, 0.25) is 5.91 Å². The van der Waals surface area contributed by atoms with Crippen molar-refractivity contribution >= 4 is 29.1 Å². The van der Waals surface area contributed by atoms with Gasteiger partial charge in [0, 0.05) is 48.5 Å². The summed E-state index contributed by atoms with van der Waals surface area (Å²) < 4.78 is 5.16. The molecule has 3 rings (SSSR count). The van der Waals surface area contributed by atoms with Crippen LogP contribution in [0.5, 0.6) is 5.75 Å². The van der Waals surface area contributed by atoms with E-state index in [9.17, 15) is 9.59 Å². The molecule has 2 aromatic rings. The molecule has 1 fully saturated rings. The largest absolute Gasteiger partial charge is 0.497 e. The minimum absolute atomic E-state index is 0.00727. The molecule has 0 aliphatic carbocycles. The Labute approximate surface area is 163 Å². The molecule has 0 radical (unpaired) electrons. The number of hydrogen-bond donors (Lipinski definition) is 1. The predicted octanol–water partition coefficient (Wildman–Crippen LogP) is 2.75. The van der Waals surface area contributed by atoms with Gasteiger partial charge in [0.05, 0.1) is 13.7 Å². The lowest BCUT2D eigenvalue weighted by Gasteiger charge is -2.34. The second-order valence-electron chi connectivity index (χ2n) is 6.36. The summed E-state index contributed by atoms with van der Waals surface area (Å²) >= 11 is 5.87. The minimum atomic E-state index is -0.0827. The average molecular weight is 388 g/mol.